The van der Waals surface area contributed by atoms with Gasteiger partial charge in [-0.3, -0.25) is 0 Å². The number of nitrogens with zero attached hydrogens (tertiary/aromatic N) is 1. The molecule has 1 aliphatic heterocycles. The maximum absolute atomic E-state index is 12.7. The fourth-order valence-electron chi connectivity index (χ4n) is 3.61. The molecule has 0 bridgehead atoms. The van der Waals surface area contributed by atoms with Crippen LogP contribution in [0.2, 0.25) is 0 Å². The summed E-state index contributed by atoms with van der Waals surface area (Å²) >= 11 is 0. The van der Waals surface area contributed by atoms with Gasteiger partial charge in [0.25, 0.3) is 0 Å². The molecule has 1 atom stereocenters. The molecule has 2 aromatic rings. The van der Waals surface area contributed by atoms with Crippen LogP contribution in [0.15, 0.2) is 58.3 Å². The Morgan fingerprint density at radius 3 is 2.06 bits per heavy atom. The van der Waals surface area contributed by atoms with Gasteiger partial charge in [-0.15, -0.1) is 0 Å². The van der Waals surface area contributed by atoms with E-state index in [0.29, 0.717) is 19.5 Å². The Hall–Kier alpha value is -1.94. The molecule has 1 fully saturated rings. The van der Waals surface area contributed by atoms with Crippen molar-refractivity contribution in [1.82, 2.24) is 9.03 Å². The van der Waals surface area contributed by atoms with Crippen LogP contribution >= 0.6 is 0 Å². The second-order valence-corrected chi connectivity index (χ2v) is 11.5. The van der Waals surface area contributed by atoms with Crippen molar-refractivity contribution in [3.05, 3.63) is 54.1 Å². The molecule has 1 N–H and O–H groups in total. The summed E-state index contributed by atoms with van der Waals surface area (Å²) in [7, 11) is -5.71. The van der Waals surface area contributed by atoms with Crippen molar-refractivity contribution in [3.8, 4) is 5.75 Å². The molecule has 1 unspecified atom stereocenters. The van der Waals surface area contributed by atoms with Crippen LogP contribution in [-0.4, -0.2) is 47.4 Å². The average Bonchev–Trinajstić information content (AvgIpc) is 2.78. The molecular weight excluding hydrogens is 436 g/mol. The monoisotopic (exact) mass is 466 g/mol. The van der Waals surface area contributed by atoms with Crippen molar-refractivity contribution in [2.45, 2.75) is 54.9 Å². The summed E-state index contributed by atoms with van der Waals surface area (Å²) in [6, 6.07) is 12.9. The molecule has 1 heterocycles. The van der Waals surface area contributed by atoms with Gasteiger partial charge in [0.05, 0.1) is 16.9 Å². The van der Waals surface area contributed by atoms with Crippen LogP contribution in [0.5, 0.6) is 5.75 Å². The van der Waals surface area contributed by atoms with E-state index in [0.717, 1.165) is 37.0 Å². The van der Waals surface area contributed by atoms with E-state index in [1.54, 1.807) is 7.11 Å². The highest BCUT2D eigenvalue weighted by Gasteiger charge is 2.26. The second-order valence-electron chi connectivity index (χ2n) is 7.85. The molecule has 2 aromatic carbocycles. The van der Waals surface area contributed by atoms with Crippen molar-refractivity contribution in [3.63, 3.8) is 0 Å². The van der Waals surface area contributed by atoms with E-state index in [9.17, 15) is 16.8 Å². The van der Waals surface area contributed by atoms with Gasteiger partial charge < -0.3 is 4.74 Å². The summed E-state index contributed by atoms with van der Waals surface area (Å²) in [4.78, 5) is 0.183. The Labute approximate surface area is 185 Å². The van der Waals surface area contributed by atoms with Crippen LogP contribution in [0.4, 0.5) is 0 Å². The predicted octanol–water partition coefficient (Wildman–Crippen LogP) is 3.17. The van der Waals surface area contributed by atoms with E-state index >= 15 is 0 Å². The van der Waals surface area contributed by atoms with E-state index < -0.39 is 20.0 Å². The number of aryl methyl sites for hydroxylation is 1. The largest absolute Gasteiger partial charge is 0.497 e. The van der Waals surface area contributed by atoms with Gasteiger partial charge in [0.1, 0.15) is 5.75 Å². The molecule has 1 saturated heterocycles. The van der Waals surface area contributed by atoms with Crippen molar-refractivity contribution in [2.24, 2.45) is 0 Å². The molecule has 0 aromatic heterocycles. The van der Waals surface area contributed by atoms with E-state index in [2.05, 4.69) is 4.72 Å². The van der Waals surface area contributed by atoms with Crippen molar-refractivity contribution in [1.29, 1.82) is 0 Å². The summed E-state index contributed by atoms with van der Waals surface area (Å²) < 4.78 is 60.2. The lowest BCUT2D eigenvalue weighted by atomic mass is 10.1. The van der Waals surface area contributed by atoms with Crippen LogP contribution in [-0.2, 0) is 26.5 Å². The molecule has 0 aliphatic carbocycles. The molecule has 31 heavy (non-hydrogen) atoms. The first kappa shape index (κ1) is 23.7. The number of methoxy groups -OCH3 is 1. The number of hydrogen-bond donors (Lipinski definition) is 1. The van der Waals surface area contributed by atoms with Crippen LogP contribution in [0, 0.1) is 0 Å². The molecular formula is C22H30N2O5S2. The number of benzene rings is 2. The summed E-state index contributed by atoms with van der Waals surface area (Å²) in [5.74, 6) is 0.781. The number of hydrogen-bond acceptors (Lipinski definition) is 5. The molecule has 1 aliphatic rings. The molecule has 0 saturated carbocycles. The zero-order valence-electron chi connectivity index (χ0n) is 18.0. The molecule has 3 rings (SSSR count). The minimum absolute atomic E-state index is 0.0568. The highest BCUT2D eigenvalue weighted by molar-refractivity contribution is 7.89. The fourth-order valence-corrected chi connectivity index (χ4v) is 6.41. The van der Waals surface area contributed by atoms with E-state index in [1.165, 1.54) is 28.6 Å². The number of nitrogens with one attached hydrogen (secondary N) is 1. The van der Waals surface area contributed by atoms with Crippen molar-refractivity contribution >= 4 is 20.0 Å². The van der Waals surface area contributed by atoms with Crippen molar-refractivity contribution < 1.29 is 21.6 Å². The quantitative estimate of drug-likeness (QED) is 0.613. The molecule has 9 heteroatoms. The summed E-state index contributed by atoms with van der Waals surface area (Å²) in [5.41, 5.74) is 1.10. The summed E-state index contributed by atoms with van der Waals surface area (Å²) in [5, 5.41) is 0. The van der Waals surface area contributed by atoms with Gasteiger partial charge in [0, 0.05) is 19.1 Å². The lowest BCUT2D eigenvalue weighted by Gasteiger charge is -2.25. The third-order valence-electron chi connectivity index (χ3n) is 5.47. The van der Waals surface area contributed by atoms with Gasteiger partial charge in [0.15, 0.2) is 0 Å². The van der Waals surface area contributed by atoms with Gasteiger partial charge in [-0.25, -0.2) is 21.6 Å². The maximum Gasteiger partial charge on any atom is 0.243 e. The average molecular weight is 467 g/mol. The van der Waals surface area contributed by atoms with Crippen LogP contribution < -0.4 is 9.46 Å². The van der Waals surface area contributed by atoms with Gasteiger partial charge in [0.2, 0.25) is 20.0 Å². The lowest BCUT2D eigenvalue weighted by Crippen LogP contribution is -2.35. The molecule has 170 valence electrons. The Balaban J connectivity index is 1.61. The Bertz CT molecular complexity index is 1060. The van der Waals surface area contributed by atoms with Crippen LogP contribution in [0.1, 0.15) is 38.2 Å². The SMILES string of the molecule is COc1ccc(CCC(C)NS(=O)(=O)c2ccc(S(=O)(=O)N3CCCCC3)cc2)cc1. The summed E-state index contributed by atoms with van der Waals surface area (Å²) in [6.07, 6.45) is 4.09. The predicted molar refractivity (Wildman–Crippen MR) is 120 cm³/mol. The molecule has 0 spiro atoms. The molecule has 7 nitrogen and oxygen atoms in total. The fraction of sp³-hybridized carbons (Fsp3) is 0.455. The zero-order chi connectivity index (χ0) is 22.5. The number of piperidine rings is 1. The first-order valence-corrected chi connectivity index (χ1v) is 13.4. The minimum atomic E-state index is -3.74. The highest BCUT2D eigenvalue weighted by atomic mass is 32.2. The van der Waals surface area contributed by atoms with E-state index in [4.69, 9.17) is 4.74 Å². The third kappa shape index (κ3) is 6.06. The number of rotatable bonds is 9. The third-order valence-corrected chi connectivity index (χ3v) is 8.99. The Kier molecular flexibility index (Phi) is 7.74. The van der Waals surface area contributed by atoms with Gasteiger partial charge in [-0.2, -0.15) is 4.31 Å². The highest BCUT2D eigenvalue weighted by Crippen LogP contribution is 2.22. The van der Waals surface area contributed by atoms with Gasteiger partial charge >= 0.3 is 0 Å². The van der Waals surface area contributed by atoms with Gasteiger partial charge in [-0.05, 0) is 74.6 Å². The Morgan fingerprint density at radius 2 is 1.48 bits per heavy atom. The second kappa shape index (κ2) is 10.1. The molecule has 0 radical (unpaired) electrons. The van der Waals surface area contributed by atoms with E-state index in [1.807, 2.05) is 31.2 Å². The first-order chi connectivity index (χ1) is 14.7. The van der Waals surface area contributed by atoms with E-state index in [-0.39, 0.29) is 15.8 Å². The smallest absolute Gasteiger partial charge is 0.243 e. The standard InChI is InChI=1S/C22H30N2O5S2/c1-18(6-7-19-8-10-20(29-2)11-9-19)23-30(25,26)21-12-14-22(15-13-21)31(27,28)24-16-4-3-5-17-24/h8-15,18,23H,3-7,16-17H2,1-2H3. The summed E-state index contributed by atoms with van der Waals surface area (Å²) in [6.45, 7) is 2.83. The normalized spacial score (nSPS) is 16.7. The zero-order valence-corrected chi connectivity index (χ0v) is 19.6. The molecule has 0 amide bonds. The number of sulfonamides is 2. The maximum atomic E-state index is 12.7. The van der Waals surface area contributed by atoms with Gasteiger partial charge in [-0.1, -0.05) is 18.6 Å². The first-order valence-electron chi connectivity index (χ1n) is 10.5. The van der Waals surface area contributed by atoms with Crippen LogP contribution in [0.3, 0.4) is 0 Å². The lowest BCUT2D eigenvalue weighted by molar-refractivity contribution is 0.346. The number of ether oxygens (including phenoxy) is 1. The Morgan fingerprint density at radius 1 is 0.903 bits per heavy atom. The van der Waals surface area contributed by atoms with Crippen molar-refractivity contribution in [2.75, 3.05) is 20.2 Å². The minimum Gasteiger partial charge on any atom is -0.497 e. The van der Waals surface area contributed by atoms with Crippen LogP contribution in [0.25, 0.3) is 0 Å². The topological polar surface area (TPSA) is 92.8 Å².